The van der Waals surface area contributed by atoms with E-state index in [1.165, 1.54) is 5.56 Å². The minimum Gasteiger partial charge on any atom is -0.366 e. The molecule has 1 N–H and O–H groups in total. The van der Waals surface area contributed by atoms with Crippen molar-refractivity contribution in [1.82, 2.24) is 10.2 Å². The van der Waals surface area contributed by atoms with Gasteiger partial charge in [0.15, 0.2) is 11.0 Å². The van der Waals surface area contributed by atoms with Crippen LogP contribution in [0.3, 0.4) is 0 Å². The molecule has 1 atom stereocenters. The van der Waals surface area contributed by atoms with Gasteiger partial charge < -0.3 is 5.32 Å². The summed E-state index contributed by atoms with van der Waals surface area (Å²) in [5.41, 5.74) is 3.34. The Morgan fingerprint density at radius 2 is 1.79 bits per heavy atom. The molecule has 0 spiro atoms. The quantitative estimate of drug-likeness (QED) is 0.922. The third-order valence-electron chi connectivity index (χ3n) is 3.23. The molecule has 4 heteroatoms. The maximum absolute atomic E-state index is 5.95. The van der Waals surface area contributed by atoms with Gasteiger partial charge in [0.25, 0.3) is 0 Å². The fraction of sp³-hybridized carbons (Fsp3) is 0.333. The van der Waals surface area contributed by atoms with Gasteiger partial charge in [0.1, 0.15) is 0 Å². The Hall–Kier alpha value is -1.61. The maximum Gasteiger partial charge on any atom is 0.155 e. The second-order valence-corrected chi connectivity index (χ2v) is 5.18. The summed E-state index contributed by atoms with van der Waals surface area (Å²) in [5, 5.41) is 11.9. The molecule has 0 saturated carbocycles. The Bertz CT molecular complexity index is 555. The summed E-state index contributed by atoms with van der Waals surface area (Å²) in [6.07, 6.45) is 0.948. The van der Waals surface area contributed by atoms with Crippen molar-refractivity contribution in [3.05, 3.63) is 52.2 Å². The van der Waals surface area contributed by atoms with Gasteiger partial charge in [-0.3, -0.25) is 0 Å². The Labute approximate surface area is 119 Å². The fourth-order valence-corrected chi connectivity index (χ4v) is 2.14. The summed E-state index contributed by atoms with van der Waals surface area (Å²) >= 11 is 5.95. The number of benzene rings is 1. The van der Waals surface area contributed by atoms with Crippen molar-refractivity contribution in [2.24, 2.45) is 0 Å². The highest BCUT2D eigenvalue weighted by molar-refractivity contribution is 6.30. The highest BCUT2D eigenvalue weighted by Gasteiger charge is 2.10. The third kappa shape index (κ3) is 3.44. The lowest BCUT2D eigenvalue weighted by Gasteiger charge is -2.16. The molecular weight excluding hydrogens is 258 g/mol. The van der Waals surface area contributed by atoms with Crippen LogP contribution in [0.5, 0.6) is 0 Å². The van der Waals surface area contributed by atoms with Crippen LogP contribution in [0.25, 0.3) is 0 Å². The summed E-state index contributed by atoms with van der Waals surface area (Å²) in [5.74, 6) is 0.810. The second kappa shape index (κ2) is 6.02. The van der Waals surface area contributed by atoms with E-state index in [2.05, 4.69) is 46.7 Å². The van der Waals surface area contributed by atoms with E-state index in [1.54, 1.807) is 0 Å². The zero-order valence-corrected chi connectivity index (χ0v) is 12.2. The van der Waals surface area contributed by atoms with Crippen LogP contribution >= 0.6 is 11.6 Å². The van der Waals surface area contributed by atoms with E-state index in [9.17, 15) is 0 Å². The Morgan fingerprint density at radius 1 is 1.11 bits per heavy atom. The molecule has 100 valence electrons. The molecule has 0 fully saturated rings. The summed E-state index contributed by atoms with van der Waals surface area (Å²) < 4.78 is 0. The first kappa shape index (κ1) is 13.8. The first-order valence-electron chi connectivity index (χ1n) is 6.37. The van der Waals surface area contributed by atoms with Crippen LogP contribution in [0.4, 0.5) is 5.82 Å². The van der Waals surface area contributed by atoms with Crippen LogP contribution in [-0.2, 0) is 6.42 Å². The minimum atomic E-state index is 0.288. The number of hydrogen-bond acceptors (Lipinski definition) is 3. The molecule has 0 aliphatic heterocycles. The molecule has 1 aromatic carbocycles. The first-order valence-corrected chi connectivity index (χ1v) is 6.75. The first-order chi connectivity index (χ1) is 9.08. The van der Waals surface area contributed by atoms with Crippen LogP contribution in [0.15, 0.2) is 30.3 Å². The van der Waals surface area contributed by atoms with Gasteiger partial charge in [0.2, 0.25) is 0 Å². The van der Waals surface area contributed by atoms with E-state index in [4.69, 9.17) is 11.6 Å². The van der Waals surface area contributed by atoms with Gasteiger partial charge in [-0.2, -0.15) is 0 Å². The number of anilines is 1. The number of nitrogens with zero attached hydrogens (tertiary/aromatic N) is 2. The highest BCUT2D eigenvalue weighted by Crippen LogP contribution is 2.21. The molecule has 1 unspecified atom stereocenters. The van der Waals surface area contributed by atoms with Crippen molar-refractivity contribution < 1.29 is 0 Å². The molecule has 1 aromatic heterocycles. The van der Waals surface area contributed by atoms with Crippen LogP contribution < -0.4 is 5.32 Å². The zero-order valence-electron chi connectivity index (χ0n) is 11.4. The number of nitrogens with one attached hydrogen (secondary N) is 1. The lowest BCUT2D eigenvalue weighted by Crippen LogP contribution is -2.20. The van der Waals surface area contributed by atoms with Crippen LogP contribution in [-0.4, -0.2) is 16.2 Å². The molecule has 0 bridgehead atoms. The maximum atomic E-state index is 5.95. The topological polar surface area (TPSA) is 37.8 Å². The van der Waals surface area contributed by atoms with Gasteiger partial charge in [0.05, 0.1) is 0 Å². The summed E-state index contributed by atoms with van der Waals surface area (Å²) in [6.45, 7) is 6.10. The van der Waals surface area contributed by atoms with E-state index in [-0.39, 0.29) is 6.04 Å². The SMILES string of the molecule is Cc1c(Cl)nnc(NC(C)Cc2ccccc2)c1C. The Morgan fingerprint density at radius 3 is 2.47 bits per heavy atom. The van der Waals surface area contributed by atoms with Crippen molar-refractivity contribution in [1.29, 1.82) is 0 Å². The number of hydrogen-bond donors (Lipinski definition) is 1. The summed E-state index contributed by atoms with van der Waals surface area (Å²) in [4.78, 5) is 0. The van der Waals surface area contributed by atoms with Crippen molar-refractivity contribution in [3.63, 3.8) is 0 Å². The van der Waals surface area contributed by atoms with E-state index in [1.807, 2.05) is 19.9 Å². The standard InChI is InChI=1S/C15H18ClN3/c1-10(9-13-7-5-4-6-8-13)17-15-12(3)11(2)14(16)18-19-15/h4-8,10H,9H2,1-3H3,(H,17,19). The molecule has 19 heavy (non-hydrogen) atoms. The van der Waals surface area contributed by atoms with Crippen molar-refractivity contribution >= 4 is 17.4 Å². The van der Waals surface area contributed by atoms with Crippen LogP contribution in [0, 0.1) is 13.8 Å². The van der Waals surface area contributed by atoms with Gasteiger partial charge in [-0.1, -0.05) is 41.9 Å². The lowest BCUT2D eigenvalue weighted by molar-refractivity contribution is 0.776. The monoisotopic (exact) mass is 275 g/mol. The third-order valence-corrected chi connectivity index (χ3v) is 3.59. The Kier molecular flexibility index (Phi) is 4.38. The highest BCUT2D eigenvalue weighted by atomic mass is 35.5. The van der Waals surface area contributed by atoms with Crippen molar-refractivity contribution in [2.75, 3.05) is 5.32 Å². The second-order valence-electron chi connectivity index (χ2n) is 4.82. The van der Waals surface area contributed by atoms with Crippen molar-refractivity contribution in [2.45, 2.75) is 33.2 Å². The molecular formula is C15H18ClN3. The Balaban J connectivity index is 2.07. The van der Waals surface area contributed by atoms with Gasteiger partial charge in [-0.25, -0.2) is 0 Å². The molecule has 1 heterocycles. The molecule has 0 aliphatic rings. The number of halogens is 1. The lowest BCUT2D eigenvalue weighted by atomic mass is 10.1. The summed E-state index contributed by atoms with van der Waals surface area (Å²) in [6, 6.07) is 10.7. The van der Waals surface area contributed by atoms with Crippen LogP contribution in [0.1, 0.15) is 23.6 Å². The van der Waals surface area contributed by atoms with Gasteiger partial charge in [-0.05, 0) is 43.9 Å². The van der Waals surface area contributed by atoms with Gasteiger partial charge in [0, 0.05) is 6.04 Å². The molecule has 0 radical (unpaired) electrons. The molecule has 2 aromatic rings. The van der Waals surface area contributed by atoms with Crippen LogP contribution in [0.2, 0.25) is 5.15 Å². The fourth-order valence-electron chi connectivity index (χ4n) is 1.97. The average molecular weight is 276 g/mol. The van der Waals surface area contributed by atoms with E-state index < -0.39 is 0 Å². The molecule has 3 nitrogen and oxygen atoms in total. The summed E-state index contributed by atoms with van der Waals surface area (Å²) in [7, 11) is 0. The van der Waals surface area contributed by atoms with Gasteiger partial charge >= 0.3 is 0 Å². The van der Waals surface area contributed by atoms with E-state index >= 15 is 0 Å². The van der Waals surface area contributed by atoms with Gasteiger partial charge in [-0.15, -0.1) is 10.2 Å². The predicted molar refractivity (Wildman–Crippen MR) is 79.7 cm³/mol. The number of rotatable bonds is 4. The minimum absolute atomic E-state index is 0.288. The molecule has 0 amide bonds. The normalized spacial score (nSPS) is 12.2. The molecule has 0 saturated heterocycles. The largest absolute Gasteiger partial charge is 0.366 e. The van der Waals surface area contributed by atoms with Crippen molar-refractivity contribution in [3.8, 4) is 0 Å². The molecule has 2 rings (SSSR count). The van der Waals surface area contributed by atoms with E-state index in [0.29, 0.717) is 5.15 Å². The zero-order chi connectivity index (χ0) is 13.8. The number of aromatic nitrogens is 2. The smallest absolute Gasteiger partial charge is 0.155 e. The van der Waals surface area contributed by atoms with E-state index in [0.717, 1.165) is 23.4 Å². The average Bonchev–Trinajstić information content (AvgIpc) is 2.41. The molecule has 0 aliphatic carbocycles. The predicted octanol–water partition coefficient (Wildman–Crippen LogP) is 3.79.